The van der Waals surface area contributed by atoms with E-state index < -0.39 is 0 Å². The molecule has 3 heterocycles. The summed E-state index contributed by atoms with van der Waals surface area (Å²) in [5.74, 6) is 1.05. The zero-order valence-electron chi connectivity index (χ0n) is 12.3. The fourth-order valence-electron chi connectivity index (χ4n) is 2.82. The highest BCUT2D eigenvalue weighted by Crippen LogP contribution is 2.23. The third-order valence-corrected chi connectivity index (χ3v) is 4.05. The number of anilines is 1. The van der Waals surface area contributed by atoms with Crippen molar-refractivity contribution < 1.29 is 0 Å². The molecule has 5 heteroatoms. The topological polar surface area (TPSA) is 60.0 Å². The van der Waals surface area contributed by atoms with E-state index in [9.17, 15) is 0 Å². The van der Waals surface area contributed by atoms with Crippen LogP contribution in [0.3, 0.4) is 0 Å². The lowest BCUT2D eigenvalue weighted by Gasteiger charge is -2.31. The molecule has 0 aliphatic carbocycles. The molecular weight excluding hydrogens is 250 g/mol. The second-order valence-corrected chi connectivity index (χ2v) is 5.75. The molecular formula is C15H23N5. The van der Waals surface area contributed by atoms with E-state index in [0.717, 1.165) is 55.7 Å². The molecule has 0 atom stereocenters. The molecule has 5 nitrogen and oxygen atoms in total. The van der Waals surface area contributed by atoms with Gasteiger partial charge in [-0.1, -0.05) is 6.92 Å². The summed E-state index contributed by atoms with van der Waals surface area (Å²) in [6, 6.07) is 2.52. The van der Waals surface area contributed by atoms with Crippen molar-refractivity contribution in [1.29, 1.82) is 0 Å². The average Bonchev–Trinajstić information content (AvgIpc) is 2.83. The Hall–Kier alpha value is -1.62. The quantitative estimate of drug-likeness (QED) is 0.930. The van der Waals surface area contributed by atoms with E-state index >= 15 is 0 Å². The van der Waals surface area contributed by atoms with Crippen molar-refractivity contribution >= 4 is 16.9 Å². The van der Waals surface area contributed by atoms with Gasteiger partial charge in [-0.3, -0.25) is 4.68 Å². The van der Waals surface area contributed by atoms with Crippen LogP contribution in [0.2, 0.25) is 0 Å². The molecule has 2 aromatic heterocycles. The van der Waals surface area contributed by atoms with Gasteiger partial charge in [-0.2, -0.15) is 5.10 Å². The van der Waals surface area contributed by atoms with E-state index in [-0.39, 0.29) is 0 Å². The predicted molar refractivity (Wildman–Crippen MR) is 82.0 cm³/mol. The first-order valence-electron chi connectivity index (χ1n) is 7.52. The van der Waals surface area contributed by atoms with Gasteiger partial charge in [0, 0.05) is 37.3 Å². The Morgan fingerprint density at radius 3 is 2.80 bits per heavy atom. The van der Waals surface area contributed by atoms with Crippen LogP contribution in [0.1, 0.15) is 31.7 Å². The summed E-state index contributed by atoms with van der Waals surface area (Å²) in [5, 5.41) is 5.75. The standard InChI is InChI=1S/C15H23N5/c1-3-6-20-10-13-11(2)9-14(17-15(13)18-20)19-7-4-12(16)5-8-19/h9-10,12H,3-8,16H2,1-2H3. The van der Waals surface area contributed by atoms with Crippen molar-refractivity contribution in [2.24, 2.45) is 5.73 Å². The van der Waals surface area contributed by atoms with Gasteiger partial charge >= 0.3 is 0 Å². The molecule has 20 heavy (non-hydrogen) atoms. The van der Waals surface area contributed by atoms with Gasteiger partial charge in [0.15, 0.2) is 5.65 Å². The van der Waals surface area contributed by atoms with Gasteiger partial charge < -0.3 is 10.6 Å². The fourth-order valence-corrected chi connectivity index (χ4v) is 2.82. The molecule has 0 radical (unpaired) electrons. The maximum absolute atomic E-state index is 5.97. The molecule has 2 aromatic rings. The number of nitrogens with zero attached hydrogens (tertiary/aromatic N) is 4. The van der Waals surface area contributed by atoms with Crippen molar-refractivity contribution in [1.82, 2.24) is 14.8 Å². The first-order valence-corrected chi connectivity index (χ1v) is 7.52. The molecule has 1 fully saturated rings. The summed E-state index contributed by atoms with van der Waals surface area (Å²) in [7, 11) is 0. The Morgan fingerprint density at radius 2 is 2.10 bits per heavy atom. The number of aromatic nitrogens is 3. The van der Waals surface area contributed by atoms with Gasteiger partial charge in [0.25, 0.3) is 0 Å². The SMILES string of the molecule is CCCn1cc2c(C)cc(N3CCC(N)CC3)nc2n1. The van der Waals surface area contributed by atoms with Crippen LogP contribution in [0, 0.1) is 6.92 Å². The van der Waals surface area contributed by atoms with E-state index in [1.165, 1.54) is 5.56 Å². The van der Waals surface area contributed by atoms with Crippen LogP contribution in [0.4, 0.5) is 5.82 Å². The number of pyridine rings is 1. The summed E-state index contributed by atoms with van der Waals surface area (Å²) in [6.45, 7) is 7.24. The molecule has 0 spiro atoms. The lowest BCUT2D eigenvalue weighted by molar-refractivity contribution is 0.499. The molecule has 1 saturated heterocycles. The number of piperidine rings is 1. The van der Waals surface area contributed by atoms with Gasteiger partial charge in [-0.25, -0.2) is 4.98 Å². The monoisotopic (exact) mass is 273 g/mol. The van der Waals surface area contributed by atoms with E-state index in [1.807, 2.05) is 4.68 Å². The van der Waals surface area contributed by atoms with Crippen LogP contribution in [-0.2, 0) is 6.54 Å². The van der Waals surface area contributed by atoms with E-state index in [0.29, 0.717) is 6.04 Å². The maximum atomic E-state index is 5.97. The van der Waals surface area contributed by atoms with Crippen molar-refractivity contribution in [2.45, 2.75) is 45.7 Å². The molecule has 0 saturated carbocycles. The fraction of sp³-hybridized carbons (Fsp3) is 0.600. The van der Waals surface area contributed by atoms with Crippen LogP contribution in [-0.4, -0.2) is 33.9 Å². The van der Waals surface area contributed by atoms with Gasteiger partial charge in [0.2, 0.25) is 0 Å². The average molecular weight is 273 g/mol. The molecule has 0 amide bonds. The summed E-state index contributed by atoms with van der Waals surface area (Å²) < 4.78 is 2.00. The first-order chi connectivity index (χ1) is 9.67. The minimum absolute atomic E-state index is 0.347. The molecule has 0 aromatic carbocycles. The maximum Gasteiger partial charge on any atom is 0.183 e. The second-order valence-electron chi connectivity index (χ2n) is 5.75. The molecule has 0 unspecified atom stereocenters. The lowest BCUT2D eigenvalue weighted by atomic mass is 10.1. The van der Waals surface area contributed by atoms with Crippen molar-refractivity contribution in [2.75, 3.05) is 18.0 Å². The minimum Gasteiger partial charge on any atom is -0.356 e. The molecule has 0 bridgehead atoms. The molecule has 1 aliphatic rings. The number of hydrogen-bond acceptors (Lipinski definition) is 4. The number of nitrogens with two attached hydrogens (primary N) is 1. The van der Waals surface area contributed by atoms with E-state index in [4.69, 9.17) is 10.7 Å². The highest BCUT2D eigenvalue weighted by molar-refractivity contribution is 5.80. The predicted octanol–water partition coefficient (Wildman–Crippen LogP) is 2.08. The highest BCUT2D eigenvalue weighted by Gasteiger charge is 2.18. The Morgan fingerprint density at radius 1 is 1.35 bits per heavy atom. The Bertz CT molecular complexity index is 596. The third kappa shape index (κ3) is 2.50. The van der Waals surface area contributed by atoms with Crippen LogP contribution in [0.5, 0.6) is 0 Å². The van der Waals surface area contributed by atoms with Crippen LogP contribution in [0.15, 0.2) is 12.3 Å². The van der Waals surface area contributed by atoms with Crippen LogP contribution in [0.25, 0.3) is 11.0 Å². The number of aryl methyl sites for hydroxylation is 2. The van der Waals surface area contributed by atoms with Crippen molar-refractivity contribution in [3.05, 3.63) is 17.8 Å². The van der Waals surface area contributed by atoms with Crippen LogP contribution >= 0.6 is 0 Å². The zero-order valence-corrected chi connectivity index (χ0v) is 12.3. The first kappa shape index (κ1) is 13.4. The minimum atomic E-state index is 0.347. The normalized spacial score (nSPS) is 17.1. The lowest BCUT2D eigenvalue weighted by Crippen LogP contribution is -2.40. The van der Waals surface area contributed by atoms with Gasteiger partial charge in [0.05, 0.1) is 0 Å². The molecule has 3 rings (SSSR count). The molecule has 1 aliphatic heterocycles. The summed E-state index contributed by atoms with van der Waals surface area (Å²) in [4.78, 5) is 7.07. The summed E-state index contributed by atoms with van der Waals surface area (Å²) in [6.07, 6.45) is 5.28. The summed E-state index contributed by atoms with van der Waals surface area (Å²) in [5.41, 5.74) is 8.09. The Kier molecular flexibility index (Phi) is 3.61. The van der Waals surface area contributed by atoms with Gasteiger partial charge in [-0.05, 0) is 37.8 Å². The van der Waals surface area contributed by atoms with Crippen molar-refractivity contribution in [3.63, 3.8) is 0 Å². The molecule has 108 valence electrons. The smallest absolute Gasteiger partial charge is 0.183 e. The zero-order chi connectivity index (χ0) is 14.1. The van der Waals surface area contributed by atoms with Crippen LogP contribution < -0.4 is 10.6 Å². The van der Waals surface area contributed by atoms with Gasteiger partial charge in [0.1, 0.15) is 5.82 Å². The number of hydrogen-bond donors (Lipinski definition) is 1. The highest BCUT2D eigenvalue weighted by atomic mass is 15.3. The van der Waals surface area contributed by atoms with E-state index in [2.05, 4.69) is 36.1 Å². The number of fused-ring (bicyclic) bond motifs is 1. The van der Waals surface area contributed by atoms with Crippen molar-refractivity contribution in [3.8, 4) is 0 Å². The Labute approximate surface area is 119 Å². The Balaban J connectivity index is 1.92. The van der Waals surface area contributed by atoms with Gasteiger partial charge in [-0.15, -0.1) is 0 Å². The summed E-state index contributed by atoms with van der Waals surface area (Å²) >= 11 is 0. The molecule has 2 N–H and O–H groups in total. The third-order valence-electron chi connectivity index (χ3n) is 4.05. The van der Waals surface area contributed by atoms with E-state index in [1.54, 1.807) is 0 Å². The number of rotatable bonds is 3. The largest absolute Gasteiger partial charge is 0.356 e. The second kappa shape index (κ2) is 5.40.